The molecule has 0 aliphatic heterocycles. The first-order chi connectivity index (χ1) is 10.3. The van der Waals surface area contributed by atoms with Crippen LogP contribution in [-0.4, -0.2) is 23.3 Å². The van der Waals surface area contributed by atoms with E-state index in [4.69, 9.17) is 0 Å². The molecule has 0 saturated heterocycles. The lowest BCUT2D eigenvalue weighted by molar-refractivity contribution is -0.120. The zero-order valence-electron chi connectivity index (χ0n) is 11.7. The normalized spacial score (nSPS) is 12.0. The molecule has 0 fully saturated rings. The number of hydrogen-bond donors (Lipinski definition) is 2. The molecular weight excluding hydrogens is 302 g/mol. The van der Waals surface area contributed by atoms with Crippen LogP contribution in [0.3, 0.4) is 0 Å². The molecule has 2 rings (SSSR count). The second-order valence-corrected chi connectivity index (χ2v) is 6.73. The summed E-state index contributed by atoms with van der Waals surface area (Å²) in [6.07, 6.45) is 0.566. The van der Waals surface area contributed by atoms with Gasteiger partial charge < -0.3 is 10.4 Å². The highest BCUT2D eigenvalue weighted by Gasteiger charge is 2.09. The lowest BCUT2D eigenvalue weighted by Crippen LogP contribution is -2.25. The lowest BCUT2D eigenvalue weighted by atomic mass is 10.2. The Kier molecular flexibility index (Phi) is 6.79. The first-order valence-corrected chi connectivity index (χ1v) is 8.78. The first-order valence-electron chi connectivity index (χ1n) is 6.92. The van der Waals surface area contributed by atoms with Gasteiger partial charge in [0.25, 0.3) is 0 Å². The van der Waals surface area contributed by atoms with Gasteiger partial charge in [0.15, 0.2) is 0 Å². The van der Waals surface area contributed by atoms with Crippen LogP contribution in [0.1, 0.15) is 23.8 Å². The SMILES string of the molecule is O=C(CCSc1ccccc1)NCC[C@H](O)c1cccs1. The molecule has 1 heterocycles. The Morgan fingerprint density at radius 3 is 2.76 bits per heavy atom. The molecule has 2 aromatic rings. The van der Waals surface area contributed by atoms with Gasteiger partial charge in [0.05, 0.1) is 6.10 Å². The van der Waals surface area contributed by atoms with Crippen molar-refractivity contribution in [2.75, 3.05) is 12.3 Å². The molecule has 3 nitrogen and oxygen atoms in total. The highest BCUT2D eigenvalue weighted by Crippen LogP contribution is 2.21. The molecule has 0 spiro atoms. The van der Waals surface area contributed by atoms with Crippen LogP contribution >= 0.6 is 23.1 Å². The number of hydrogen-bond acceptors (Lipinski definition) is 4. The second-order valence-electron chi connectivity index (χ2n) is 4.58. The van der Waals surface area contributed by atoms with Crippen molar-refractivity contribution in [2.24, 2.45) is 0 Å². The molecule has 1 amide bonds. The maximum atomic E-state index is 11.7. The fraction of sp³-hybridized carbons (Fsp3) is 0.312. The maximum Gasteiger partial charge on any atom is 0.220 e. The Labute approximate surface area is 133 Å². The van der Waals surface area contributed by atoms with Gasteiger partial charge in [-0.25, -0.2) is 0 Å². The van der Waals surface area contributed by atoms with Crippen molar-refractivity contribution in [1.29, 1.82) is 0 Å². The molecule has 112 valence electrons. The molecule has 21 heavy (non-hydrogen) atoms. The zero-order valence-corrected chi connectivity index (χ0v) is 13.3. The van der Waals surface area contributed by atoms with Gasteiger partial charge in [0.2, 0.25) is 5.91 Å². The van der Waals surface area contributed by atoms with E-state index < -0.39 is 6.10 Å². The third-order valence-corrected chi connectivity index (χ3v) is 4.94. The van der Waals surface area contributed by atoms with E-state index >= 15 is 0 Å². The lowest BCUT2D eigenvalue weighted by Gasteiger charge is -2.09. The van der Waals surface area contributed by atoms with E-state index in [2.05, 4.69) is 5.32 Å². The summed E-state index contributed by atoms with van der Waals surface area (Å²) in [4.78, 5) is 13.8. The van der Waals surface area contributed by atoms with Gasteiger partial charge in [-0.1, -0.05) is 24.3 Å². The molecule has 0 radical (unpaired) electrons. The van der Waals surface area contributed by atoms with E-state index in [9.17, 15) is 9.90 Å². The van der Waals surface area contributed by atoms with Crippen LogP contribution in [0.5, 0.6) is 0 Å². The number of benzene rings is 1. The summed E-state index contributed by atoms with van der Waals surface area (Å²) in [5, 5.41) is 14.7. The van der Waals surface area contributed by atoms with E-state index in [1.807, 2.05) is 47.8 Å². The van der Waals surface area contributed by atoms with Gasteiger partial charge in [-0.2, -0.15) is 0 Å². The third kappa shape index (κ3) is 5.91. The maximum absolute atomic E-state index is 11.7. The van der Waals surface area contributed by atoms with Crippen LogP contribution < -0.4 is 5.32 Å². The van der Waals surface area contributed by atoms with Crippen LogP contribution in [0, 0.1) is 0 Å². The van der Waals surface area contributed by atoms with Gasteiger partial charge in [0.1, 0.15) is 0 Å². The van der Waals surface area contributed by atoms with Crippen LogP contribution in [0.25, 0.3) is 0 Å². The highest BCUT2D eigenvalue weighted by atomic mass is 32.2. The van der Waals surface area contributed by atoms with Gasteiger partial charge >= 0.3 is 0 Å². The number of amides is 1. The molecule has 5 heteroatoms. The second kappa shape index (κ2) is 8.87. The molecule has 2 N–H and O–H groups in total. The van der Waals surface area contributed by atoms with E-state index in [-0.39, 0.29) is 5.91 Å². The van der Waals surface area contributed by atoms with Crippen molar-refractivity contribution in [2.45, 2.75) is 23.8 Å². The van der Waals surface area contributed by atoms with Crippen molar-refractivity contribution >= 4 is 29.0 Å². The van der Waals surface area contributed by atoms with Gasteiger partial charge in [-0.3, -0.25) is 4.79 Å². The molecule has 0 aliphatic carbocycles. The number of thiophene rings is 1. The summed E-state index contributed by atoms with van der Waals surface area (Å²) in [6, 6.07) is 13.9. The topological polar surface area (TPSA) is 49.3 Å². The molecule has 1 aromatic carbocycles. The van der Waals surface area contributed by atoms with Crippen molar-refractivity contribution in [3.63, 3.8) is 0 Å². The minimum Gasteiger partial charge on any atom is -0.388 e. The third-order valence-electron chi connectivity index (χ3n) is 2.95. The Hall–Kier alpha value is -1.30. The summed E-state index contributed by atoms with van der Waals surface area (Å²) in [7, 11) is 0. The number of rotatable bonds is 8. The summed E-state index contributed by atoms with van der Waals surface area (Å²) < 4.78 is 0. The van der Waals surface area contributed by atoms with Crippen molar-refractivity contribution in [3.05, 3.63) is 52.7 Å². The molecule has 0 saturated carbocycles. The van der Waals surface area contributed by atoms with Gasteiger partial charge in [-0.05, 0) is 30.0 Å². The Balaban J connectivity index is 1.57. The zero-order chi connectivity index (χ0) is 14.9. The van der Waals surface area contributed by atoms with E-state index in [0.717, 1.165) is 10.6 Å². The average molecular weight is 321 g/mol. The summed E-state index contributed by atoms with van der Waals surface area (Å²) in [5.74, 6) is 0.806. The monoisotopic (exact) mass is 321 g/mol. The highest BCUT2D eigenvalue weighted by molar-refractivity contribution is 7.99. The minimum absolute atomic E-state index is 0.0387. The van der Waals surface area contributed by atoms with Gasteiger partial charge in [-0.15, -0.1) is 23.1 Å². The number of carbonyl (C=O) groups excluding carboxylic acids is 1. The molecular formula is C16H19NO2S2. The molecule has 0 unspecified atom stereocenters. The Morgan fingerprint density at radius 1 is 1.24 bits per heavy atom. The standard InChI is InChI=1S/C16H19NO2S2/c18-14(15-7-4-11-21-15)8-10-17-16(19)9-12-20-13-5-2-1-3-6-13/h1-7,11,14,18H,8-10,12H2,(H,17,19)/t14-/m0/s1. The van der Waals surface area contributed by atoms with E-state index in [0.29, 0.717) is 19.4 Å². The fourth-order valence-corrected chi connectivity index (χ4v) is 3.46. The molecule has 1 atom stereocenters. The fourth-order valence-electron chi connectivity index (χ4n) is 1.84. The average Bonchev–Trinajstić information content (AvgIpc) is 3.02. The van der Waals surface area contributed by atoms with Gasteiger partial charge in [0, 0.05) is 28.5 Å². The number of thioether (sulfide) groups is 1. The van der Waals surface area contributed by atoms with Crippen LogP contribution in [0.15, 0.2) is 52.7 Å². The van der Waals surface area contributed by atoms with Crippen LogP contribution in [0.4, 0.5) is 0 Å². The number of aliphatic hydroxyl groups excluding tert-OH is 1. The molecule has 0 bridgehead atoms. The predicted octanol–water partition coefficient (Wildman–Crippen LogP) is 3.47. The largest absolute Gasteiger partial charge is 0.388 e. The summed E-state index contributed by atoms with van der Waals surface area (Å²) in [6.45, 7) is 0.508. The van der Waals surface area contributed by atoms with Crippen LogP contribution in [0.2, 0.25) is 0 Å². The minimum atomic E-state index is -0.482. The summed E-state index contributed by atoms with van der Waals surface area (Å²) in [5.41, 5.74) is 0. The van der Waals surface area contributed by atoms with E-state index in [1.54, 1.807) is 11.8 Å². The quantitative estimate of drug-likeness (QED) is 0.732. The Bertz CT molecular complexity index is 528. The van der Waals surface area contributed by atoms with Crippen molar-refractivity contribution in [1.82, 2.24) is 5.32 Å². The molecule has 0 aliphatic rings. The van der Waals surface area contributed by atoms with Crippen molar-refractivity contribution < 1.29 is 9.90 Å². The summed E-state index contributed by atoms with van der Waals surface area (Å²) >= 11 is 3.21. The number of nitrogens with one attached hydrogen (secondary N) is 1. The predicted molar refractivity (Wildman–Crippen MR) is 88.7 cm³/mol. The van der Waals surface area contributed by atoms with Crippen molar-refractivity contribution in [3.8, 4) is 0 Å². The Morgan fingerprint density at radius 2 is 2.05 bits per heavy atom. The van der Waals surface area contributed by atoms with E-state index in [1.165, 1.54) is 16.2 Å². The number of aliphatic hydroxyl groups is 1. The van der Waals surface area contributed by atoms with Crippen LogP contribution in [-0.2, 0) is 4.79 Å². The first kappa shape index (κ1) is 16.1. The smallest absolute Gasteiger partial charge is 0.220 e. The molecule has 1 aromatic heterocycles. The number of carbonyl (C=O) groups is 1.